The number of nitrogens with zero attached hydrogens (tertiary/aromatic N) is 1. The summed E-state index contributed by atoms with van der Waals surface area (Å²) >= 11 is 0. The number of methoxy groups -OCH3 is 1. The highest BCUT2D eigenvalue weighted by Crippen LogP contribution is 2.28. The summed E-state index contributed by atoms with van der Waals surface area (Å²) in [6.45, 7) is -0.0512. The third-order valence-corrected chi connectivity index (χ3v) is 4.33. The van der Waals surface area contributed by atoms with Gasteiger partial charge in [-0.15, -0.1) is 0 Å². The number of benzene rings is 3. The maximum Gasteiger partial charge on any atom is 0.266 e. The lowest BCUT2D eigenvalue weighted by molar-refractivity contribution is -0.112. The summed E-state index contributed by atoms with van der Waals surface area (Å²) in [4.78, 5) is 12.5. The first-order chi connectivity index (χ1) is 15.0. The molecule has 31 heavy (non-hydrogen) atoms. The topological polar surface area (TPSA) is 71.3 Å². The molecule has 1 N–H and O–H groups in total. The fraction of sp³-hybridized carbons (Fsp3) is 0.0833. The van der Waals surface area contributed by atoms with Gasteiger partial charge in [0.15, 0.2) is 0 Å². The highest BCUT2D eigenvalue weighted by molar-refractivity contribution is 6.09. The first-order valence-electron chi connectivity index (χ1n) is 9.23. The number of carbonyl (C=O) groups excluding carboxylic acids is 1. The minimum absolute atomic E-state index is 0.0512. The largest absolute Gasteiger partial charge is 0.497 e. The predicted molar refractivity (Wildman–Crippen MR) is 112 cm³/mol. The SMILES string of the molecule is COc1ccc(/C=C(\C#N)C(=O)Nc2ccc(F)cc2)c(OCc2ccccc2F)c1. The lowest BCUT2D eigenvalue weighted by Crippen LogP contribution is -2.13. The average Bonchev–Trinajstić information content (AvgIpc) is 2.78. The van der Waals surface area contributed by atoms with Crippen LogP contribution in [0.3, 0.4) is 0 Å². The fourth-order valence-corrected chi connectivity index (χ4v) is 2.69. The molecule has 0 aromatic heterocycles. The monoisotopic (exact) mass is 420 g/mol. The zero-order valence-electron chi connectivity index (χ0n) is 16.6. The van der Waals surface area contributed by atoms with Crippen molar-refractivity contribution in [2.45, 2.75) is 6.61 Å². The molecule has 5 nitrogen and oxygen atoms in total. The number of carbonyl (C=O) groups is 1. The smallest absolute Gasteiger partial charge is 0.266 e. The summed E-state index contributed by atoms with van der Waals surface area (Å²) in [5, 5.41) is 12.0. The van der Waals surface area contributed by atoms with Crippen LogP contribution < -0.4 is 14.8 Å². The molecule has 7 heteroatoms. The van der Waals surface area contributed by atoms with Crippen LogP contribution in [0.1, 0.15) is 11.1 Å². The number of anilines is 1. The van der Waals surface area contributed by atoms with Gasteiger partial charge >= 0.3 is 0 Å². The zero-order valence-corrected chi connectivity index (χ0v) is 16.6. The van der Waals surface area contributed by atoms with Crippen LogP contribution in [0.15, 0.2) is 72.3 Å². The molecule has 0 saturated carbocycles. The fourth-order valence-electron chi connectivity index (χ4n) is 2.69. The second-order valence-corrected chi connectivity index (χ2v) is 6.41. The highest BCUT2D eigenvalue weighted by Gasteiger charge is 2.13. The molecule has 0 fully saturated rings. The molecule has 156 valence electrons. The first kappa shape index (κ1) is 21.5. The third-order valence-electron chi connectivity index (χ3n) is 4.33. The molecular weight excluding hydrogens is 402 g/mol. The van der Waals surface area contributed by atoms with Crippen molar-refractivity contribution in [3.8, 4) is 17.6 Å². The van der Waals surface area contributed by atoms with E-state index in [0.717, 1.165) is 0 Å². The Balaban J connectivity index is 1.86. The number of hydrogen-bond donors (Lipinski definition) is 1. The first-order valence-corrected chi connectivity index (χ1v) is 9.23. The normalized spacial score (nSPS) is 10.8. The Morgan fingerprint density at radius 3 is 2.52 bits per heavy atom. The molecule has 0 aliphatic carbocycles. The third kappa shape index (κ3) is 5.67. The molecule has 0 heterocycles. The van der Waals surface area contributed by atoms with Crippen molar-refractivity contribution in [2.75, 3.05) is 12.4 Å². The van der Waals surface area contributed by atoms with Crippen LogP contribution in [0.5, 0.6) is 11.5 Å². The number of nitrogens with one attached hydrogen (secondary N) is 1. The average molecular weight is 420 g/mol. The second-order valence-electron chi connectivity index (χ2n) is 6.41. The Hall–Kier alpha value is -4.18. The van der Waals surface area contributed by atoms with Gasteiger partial charge in [-0.05, 0) is 48.5 Å². The molecule has 3 aromatic carbocycles. The summed E-state index contributed by atoms with van der Waals surface area (Å²) in [7, 11) is 1.49. The molecule has 3 rings (SSSR count). The van der Waals surface area contributed by atoms with Crippen LogP contribution >= 0.6 is 0 Å². The van der Waals surface area contributed by atoms with Gasteiger partial charge < -0.3 is 14.8 Å². The van der Waals surface area contributed by atoms with Crippen LogP contribution in [0.25, 0.3) is 6.08 Å². The molecule has 0 radical (unpaired) electrons. The van der Waals surface area contributed by atoms with Gasteiger partial charge in [-0.2, -0.15) is 5.26 Å². The number of amides is 1. The number of halogens is 2. The van der Waals surface area contributed by atoms with E-state index in [1.54, 1.807) is 36.4 Å². The van der Waals surface area contributed by atoms with E-state index in [1.807, 2.05) is 6.07 Å². The van der Waals surface area contributed by atoms with Crippen molar-refractivity contribution >= 4 is 17.7 Å². The molecular formula is C24H18F2N2O3. The van der Waals surface area contributed by atoms with Crippen molar-refractivity contribution in [1.29, 1.82) is 5.26 Å². The van der Waals surface area contributed by atoms with Crippen molar-refractivity contribution < 1.29 is 23.0 Å². The van der Waals surface area contributed by atoms with Crippen LogP contribution in [0, 0.1) is 23.0 Å². The van der Waals surface area contributed by atoms with Crippen LogP contribution in [0.2, 0.25) is 0 Å². The Labute approximate surface area is 178 Å². The van der Waals surface area contributed by atoms with E-state index in [9.17, 15) is 18.8 Å². The summed E-state index contributed by atoms with van der Waals surface area (Å²) < 4.78 is 37.9. The molecule has 0 unspecified atom stereocenters. The summed E-state index contributed by atoms with van der Waals surface area (Å²) in [6.07, 6.45) is 1.36. The number of rotatable bonds is 7. The molecule has 0 spiro atoms. The lowest BCUT2D eigenvalue weighted by atomic mass is 10.1. The van der Waals surface area contributed by atoms with E-state index in [0.29, 0.717) is 28.3 Å². The zero-order chi connectivity index (χ0) is 22.2. The molecule has 0 saturated heterocycles. The minimum Gasteiger partial charge on any atom is -0.497 e. The summed E-state index contributed by atoms with van der Waals surface area (Å²) in [6, 6.07) is 18.1. The van der Waals surface area contributed by atoms with Crippen LogP contribution in [0.4, 0.5) is 14.5 Å². The maximum absolute atomic E-state index is 13.9. The van der Waals surface area contributed by atoms with E-state index in [-0.39, 0.29) is 12.2 Å². The van der Waals surface area contributed by atoms with Gasteiger partial charge in [0, 0.05) is 22.9 Å². The number of hydrogen-bond acceptors (Lipinski definition) is 4. The van der Waals surface area contributed by atoms with Crippen LogP contribution in [-0.4, -0.2) is 13.0 Å². The van der Waals surface area contributed by atoms with Gasteiger partial charge in [-0.3, -0.25) is 4.79 Å². The van der Waals surface area contributed by atoms with Gasteiger partial charge in [0.05, 0.1) is 7.11 Å². The predicted octanol–water partition coefficient (Wildman–Crippen LogP) is 5.10. The number of nitriles is 1. The van der Waals surface area contributed by atoms with Gasteiger partial charge in [0.1, 0.15) is 41.4 Å². The minimum atomic E-state index is -0.662. The van der Waals surface area contributed by atoms with E-state index >= 15 is 0 Å². The van der Waals surface area contributed by atoms with Gasteiger partial charge in [0.2, 0.25) is 0 Å². The van der Waals surface area contributed by atoms with Crippen molar-refractivity contribution in [2.24, 2.45) is 0 Å². The van der Waals surface area contributed by atoms with E-state index in [2.05, 4.69) is 5.32 Å². The van der Waals surface area contributed by atoms with Gasteiger partial charge in [0.25, 0.3) is 5.91 Å². The van der Waals surface area contributed by atoms with Crippen LogP contribution in [-0.2, 0) is 11.4 Å². The van der Waals surface area contributed by atoms with Crippen molar-refractivity contribution in [3.63, 3.8) is 0 Å². The Morgan fingerprint density at radius 2 is 1.84 bits per heavy atom. The van der Waals surface area contributed by atoms with E-state index in [1.165, 1.54) is 43.5 Å². The van der Waals surface area contributed by atoms with Crippen molar-refractivity contribution in [3.05, 3.63) is 95.1 Å². The summed E-state index contributed by atoms with van der Waals surface area (Å²) in [5.74, 6) is -0.701. The van der Waals surface area contributed by atoms with Gasteiger partial charge in [-0.25, -0.2) is 8.78 Å². The highest BCUT2D eigenvalue weighted by atomic mass is 19.1. The quantitative estimate of drug-likeness (QED) is 0.427. The molecule has 0 aliphatic rings. The number of ether oxygens (including phenoxy) is 2. The lowest BCUT2D eigenvalue weighted by Gasteiger charge is -2.12. The van der Waals surface area contributed by atoms with E-state index < -0.39 is 17.5 Å². The molecule has 0 aliphatic heterocycles. The van der Waals surface area contributed by atoms with E-state index in [4.69, 9.17) is 9.47 Å². The Kier molecular flexibility index (Phi) is 6.97. The molecule has 1 amide bonds. The molecule has 3 aromatic rings. The maximum atomic E-state index is 13.9. The van der Waals surface area contributed by atoms with Gasteiger partial charge in [-0.1, -0.05) is 18.2 Å². The second kappa shape index (κ2) is 10.0. The molecule has 0 atom stereocenters. The standard InChI is InChI=1S/C24H18F2N2O3/c1-30-21-11-6-16(23(13-21)31-15-17-4-2-3-5-22(17)26)12-18(14-27)24(29)28-20-9-7-19(25)8-10-20/h2-13H,15H2,1H3,(H,28,29)/b18-12+. The summed E-state index contributed by atoms with van der Waals surface area (Å²) in [5.41, 5.74) is 0.946. The Morgan fingerprint density at radius 1 is 1.10 bits per heavy atom. The molecule has 0 bridgehead atoms. The Bertz CT molecular complexity index is 1150. The van der Waals surface area contributed by atoms with Crippen molar-refractivity contribution in [1.82, 2.24) is 0 Å².